The molecule has 1 aromatic heterocycles. The number of hydrogen-bond donors (Lipinski definition) is 1. The van der Waals surface area contributed by atoms with Gasteiger partial charge in [-0.05, 0) is 35.9 Å². The summed E-state index contributed by atoms with van der Waals surface area (Å²) < 4.78 is 0. The van der Waals surface area contributed by atoms with Crippen molar-refractivity contribution in [3.63, 3.8) is 0 Å². The largest absolute Gasteiger partial charge is 0.306 e. The molecule has 1 unspecified atom stereocenters. The van der Waals surface area contributed by atoms with Gasteiger partial charge in [-0.2, -0.15) is 0 Å². The molecule has 18 heavy (non-hydrogen) atoms. The molecule has 0 saturated carbocycles. The first kappa shape index (κ1) is 13.3. The monoisotopic (exact) mass is 280 g/mol. The van der Waals surface area contributed by atoms with Crippen molar-refractivity contribution in [1.82, 2.24) is 10.3 Å². The summed E-state index contributed by atoms with van der Waals surface area (Å²) in [6.45, 7) is 2.93. The molecule has 1 N–H and O–H groups in total. The second-order valence-corrected chi connectivity index (χ2v) is 4.76. The van der Waals surface area contributed by atoms with Gasteiger partial charge in [0.05, 0.1) is 16.1 Å². The van der Waals surface area contributed by atoms with E-state index in [4.69, 9.17) is 23.2 Å². The second-order valence-electron chi connectivity index (χ2n) is 3.95. The van der Waals surface area contributed by atoms with Crippen LogP contribution in [0.2, 0.25) is 10.0 Å². The van der Waals surface area contributed by atoms with Crippen molar-refractivity contribution in [3.05, 3.63) is 63.9 Å². The Bertz CT molecular complexity index is 514. The van der Waals surface area contributed by atoms with Gasteiger partial charge in [0.15, 0.2) is 0 Å². The standard InChI is InChI=1S/C14H14Cl2N2/c1-2-18-14(11-4-3-7-17-9-11)10-5-6-12(15)13(16)8-10/h3-9,14,18H,2H2,1H3. The van der Waals surface area contributed by atoms with E-state index in [-0.39, 0.29) is 6.04 Å². The zero-order chi connectivity index (χ0) is 13.0. The lowest BCUT2D eigenvalue weighted by Gasteiger charge is -2.19. The molecule has 0 radical (unpaired) electrons. The van der Waals surface area contributed by atoms with Crippen molar-refractivity contribution in [2.24, 2.45) is 0 Å². The second kappa shape index (κ2) is 6.19. The Morgan fingerprint density at radius 3 is 2.61 bits per heavy atom. The Morgan fingerprint density at radius 2 is 2.00 bits per heavy atom. The molecule has 0 aliphatic rings. The minimum Gasteiger partial charge on any atom is -0.306 e. The normalized spacial score (nSPS) is 12.4. The summed E-state index contributed by atoms with van der Waals surface area (Å²) in [4.78, 5) is 4.15. The lowest BCUT2D eigenvalue weighted by Crippen LogP contribution is -2.22. The van der Waals surface area contributed by atoms with Crippen LogP contribution in [0, 0.1) is 0 Å². The van der Waals surface area contributed by atoms with Crippen LogP contribution in [0.3, 0.4) is 0 Å². The number of rotatable bonds is 4. The zero-order valence-electron chi connectivity index (χ0n) is 10.0. The predicted molar refractivity (Wildman–Crippen MR) is 76.2 cm³/mol. The van der Waals surface area contributed by atoms with E-state index in [0.29, 0.717) is 10.0 Å². The van der Waals surface area contributed by atoms with Gasteiger partial charge < -0.3 is 5.32 Å². The van der Waals surface area contributed by atoms with Crippen LogP contribution in [0.5, 0.6) is 0 Å². The van der Waals surface area contributed by atoms with Crippen LogP contribution in [-0.2, 0) is 0 Å². The van der Waals surface area contributed by atoms with Crippen molar-refractivity contribution >= 4 is 23.2 Å². The summed E-state index contributed by atoms with van der Waals surface area (Å²) in [7, 11) is 0. The fourth-order valence-electron chi connectivity index (χ4n) is 1.87. The topological polar surface area (TPSA) is 24.9 Å². The lowest BCUT2D eigenvalue weighted by molar-refractivity contribution is 0.629. The maximum absolute atomic E-state index is 6.07. The average Bonchev–Trinajstić information content (AvgIpc) is 2.40. The number of pyridine rings is 1. The summed E-state index contributed by atoms with van der Waals surface area (Å²) in [5.41, 5.74) is 2.19. The first-order chi connectivity index (χ1) is 8.72. The Hall–Kier alpha value is -1.09. The van der Waals surface area contributed by atoms with E-state index in [1.54, 1.807) is 6.20 Å². The third-order valence-corrected chi connectivity index (χ3v) is 3.44. The highest BCUT2D eigenvalue weighted by Crippen LogP contribution is 2.28. The quantitative estimate of drug-likeness (QED) is 0.913. The fourth-order valence-corrected chi connectivity index (χ4v) is 2.18. The number of aromatic nitrogens is 1. The summed E-state index contributed by atoms with van der Waals surface area (Å²) in [5.74, 6) is 0. The van der Waals surface area contributed by atoms with E-state index >= 15 is 0 Å². The Balaban J connectivity index is 2.38. The highest BCUT2D eigenvalue weighted by Gasteiger charge is 2.14. The summed E-state index contributed by atoms with van der Waals surface area (Å²) in [6.07, 6.45) is 3.62. The van der Waals surface area contributed by atoms with Gasteiger partial charge in [-0.15, -0.1) is 0 Å². The molecule has 0 aliphatic carbocycles. The molecular formula is C14H14Cl2N2. The highest BCUT2D eigenvalue weighted by molar-refractivity contribution is 6.42. The first-order valence-corrected chi connectivity index (χ1v) is 6.56. The van der Waals surface area contributed by atoms with Gasteiger partial charge in [0.25, 0.3) is 0 Å². The smallest absolute Gasteiger partial charge is 0.0595 e. The predicted octanol–water partition coefficient (Wildman–Crippen LogP) is 4.09. The Labute approximate surface area is 117 Å². The van der Waals surface area contributed by atoms with E-state index in [2.05, 4.69) is 17.2 Å². The van der Waals surface area contributed by atoms with E-state index in [1.807, 2.05) is 36.5 Å². The Kier molecular flexibility index (Phi) is 4.59. The molecule has 94 valence electrons. The molecule has 0 amide bonds. The van der Waals surface area contributed by atoms with Crippen LogP contribution in [-0.4, -0.2) is 11.5 Å². The van der Waals surface area contributed by atoms with Crippen molar-refractivity contribution in [3.8, 4) is 0 Å². The molecule has 2 aromatic rings. The molecule has 1 heterocycles. The number of nitrogens with one attached hydrogen (secondary N) is 1. The van der Waals surface area contributed by atoms with Gasteiger partial charge in [0, 0.05) is 12.4 Å². The van der Waals surface area contributed by atoms with Crippen molar-refractivity contribution in [1.29, 1.82) is 0 Å². The van der Waals surface area contributed by atoms with Gasteiger partial charge in [-0.3, -0.25) is 4.98 Å². The number of hydrogen-bond acceptors (Lipinski definition) is 2. The summed E-state index contributed by atoms with van der Waals surface area (Å²) >= 11 is 12.0. The van der Waals surface area contributed by atoms with E-state index < -0.39 is 0 Å². The SMILES string of the molecule is CCNC(c1cccnc1)c1ccc(Cl)c(Cl)c1. The van der Waals surface area contributed by atoms with E-state index in [1.165, 1.54) is 0 Å². The number of nitrogens with zero attached hydrogens (tertiary/aromatic N) is 1. The molecular weight excluding hydrogens is 267 g/mol. The third kappa shape index (κ3) is 3.02. The number of benzene rings is 1. The van der Waals surface area contributed by atoms with Gasteiger partial charge >= 0.3 is 0 Å². The number of halogens is 2. The molecule has 2 rings (SSSR count). The molecule has 0 bridgehead atoms. The van der Waals surface area contributed by atoms with Crippen LogP contribution < -0.4 is 5.32 Å². The molecule has 4 heteroatoms. The fraction of sp³-hybridized carbons (Fsp3) is 0.214. The highest BCUT2D eigenvalue weighted by atomic mass is 35.5. The van der Waals surface area contributed by atoms with E-state index in [9.17, 15) is 0 Å². The zero-order valence-corrected chi connectivity index (χ0v) is 11.5. The minimum absolute atomic E-state index is 0.0819. The molecule has 2 nitrogen and oxygen atoms in total. The van der Waals surface area contributed by atoms with Crippen LogP contribution >= 0.6 is 23.2 Å². The maximum Gasteiger partial charge on any atom is 0.0595 e. The Morgan fingerprint density at radius 1 is 1.17 bits per heavy atom. The molecule has 1 aromatic carbocycles. The summed E-state index contributed by atoms with van der Waals surface area (Å²) in [6, 6.07) is 9.75. The minimum atomic E-state index is 0.0819. The summed E-state index contributed by atoms with van der Waals surface area (Å²) in [5, 5.41) is 4.56. The van der Waals surface area contributed by atoms with Crippen molar-refractivity contribution in [2.45, 2.75) is 13.0 Å². The molecule has 0 saturated heterocycles. The van der Waals surface area contributed by atoms with Gasteiger partial charge in [-0.1, -0.05) is 42.3 Å². The van der Waals surface area contributed by atoms with Gasteiger partial charge in [-0.25, -0.2) is 0 Å². The van der Waals surface area contributed by atoms with Gasteiger partial charge in [0.1, 0.15) is 0 Å². The van der Waals surface area contributed by atoms with Crippen LogP contribution in [0.15, 0.2) is 42.7 Å². The van der Waals surface area contributed by atoms with E-state index in [0.717, 1.165) is 17.7 Å². The molecule has 0 fully saturated rings. The molecule has 0 spiro atoms. The van der Waals surface area contributed by atoms with Crippen molar-refractivity contribution < 1.29 is 0 Å². The van der Waals surface area contributed by atoms with Gasteiger partial charge in [0.2, 0.25) is 0 Å². The first-order valence-electron chi connectivity index (χ1n) is 5.80. The third-order valence-electron chi connectivity index (χ3n) is 2.70. The maximum atomic E-state index is 6.07. The van der Waals surface area contributed by atoms with Crippen LogP contribution in [0.4, 0.5) is 0 Å². The average molecular weight is 281 g/mol. The van der Waals surface area contributed by atoms with Crippen LogP contribution in [0.25, 0.3) is 0 Å². The van der Waals surface area contributed by atoms with Crippen molar-refractivity contribution in [2.75, 3.05) is 6.54 Å². The molecule has 1 atom stereocenters. The van der Waals surface area contributed by atoms with Crippen LogP contribution in [0.1, 0.15) is 24.1 Å². The molecule has 0 aliphatic heterocycles. The lowest BCUT2D eigenvalue weighted by atomic mass is 10.0.